The minimum absolute atomic E-state index is 0.508. The Hall–Kier alpha value is -3.16. The molecule has 1 fully saturated rings. The molecule has 1 aliphatic rings. The maximum Gasteiger partial charge on any atom is 0.138 e. The molecule has 1 aliphatic heterocycles. The van der Waals surface area contributed by atoms with E-state index in [1.807, 2.05) is 44.6 Å². The highest BCUT2D eigenvalue weighted by atomic mass is 16.5. The fourth-order valence-electron chi connectivity index (χ4n) is 5.31. The molecule has 1 aromatic carbocycles. The molecule has 7 heteroatoms. The van der Waals surface area contributed by atoms with E-state index < -0.39 is 5.60 Å². The van der Waals surface area contributed by atoms with Gasteiger partial charge in [0.25, 0.3) is 0 Å². The molecule has 4 aromatic rings. The fraction of sp³-hybridized carbons (Fsp3) is 0.448. The van der Waals surface area contributed by atoms with Crippen LogP contribution in [0.25, 0.3) is 33.4 Å². The van der Waals surface area contributed by atoms with E-state index in [2.05, 4.69) is 39.1 Å². The summed E-state index contributed by atoms with van der Waals surface area (Å²) in [7, 11) is 0. The average molecular weight is 488 g/mol. The Bertz CT molecular complexity index is 1280. The first kappa shape index (κ1) is 24.5. The molecule has 3 N–H and O–H groups in total. The molecule has 3 aromatic heterocycles. The second-order valence-electron chi connectivity index (χ2n) is 10.6. The SMILES string of the molecule is Cc1c(-c2cn[nH]c2)cnc2[nH]c(-c3ccc(OCCCN4CCCCC4)cc3)c(CC(C)(C)O)c12. The van der Waals surface area contributed by atoms with Crippen molar-refractivity contribution in [3.8, 4) is 28.1 Å². The van der Waals surface area contributed by atoms with Crippen LogP contribution in [0.1, 0.15) is 50.7 Å². The van der Waals surface area contributed by atoms with Crippen LogP contribution in [0.5, 0.6) is 5.75 Å². The summed E-state index contributed by atoms with van der Waals surface area (Å²) in [5.41, 5.74) is 6.24. The molecule has 0 unspecified atom stereocenters. The van der Waals surface area contributed by atoms with Gasteiger partial charge in [-0.3, -0.25) is 5.10 Å². The first-order valence-corrected chi connectivity index (χ1v) is 13.1. The van der Waals surface area contributed by atoms with Gasteiger partial charge in [0.15, 0.2) is 0 Å². The first-order chi connectivity index (χ1) is 17.4. The van der Waals surface area contributed by atoms with Crippen molar-refractivity contribution in [2.75, 3.05) is 26.2 Å². The Morgan fingerprint density at radius 1 is 1.06 bits per heavy atom. The number of nitrogens with one attached hydrogen (secondary N) is 2. The molecule has 7 nitrogen and oxygen atoms in total. The number of H-pyrrole nitrogens is 2. The van der Waals surface area contributed by atoms with Gasteiger partial charge in [-0.15, -0.1) is 0 Å². The molecule has 0 radical (unpaired) electrons. The second kappa shape index (κ2) is 10.4. The van der Waals surface area contributed by atoms with Crippen molar-refractivity contribution in [3.05, 3.63) is 54.0 Å². The highest BCUT2D eigenvalue weighted by molar-refractivity contribution is 5.94. The number of aromatic amines is 2. The van der Waals surface area contributed by atoms with E-state index >= 15 is 0 Å². The molecule has 1 saturated heterocycles. The molecule has 4 heterocycles. The normalized spacial score (nSPS) is 15.0. The molecule has 0 amide bonds. The van der Waals surface area contributed by atoms with Crippen molar-refractivity contribution < 1.29 is 9.84 Å². The van der Waals surface area contributed by atoms with Gasteiger partial charge in [0, 0.05) is 41.9 Å². The minimum atomic E-state index is -0.862. The summed E-state index contributed by atoms with van der Waals surface area (Å²) in [6, 6.07) is 8.25. The van der Waals surface area contributed by atoms with Crippen LogP contribution in [0.4, 0.5) is 0 Å². The van der Waals surface area contributed by atoms with Crippen LogP contribution >= 0.6 is 0 Å². The zero-order valence-electron chi connectivity index (χ0n) is 21.6. The van der Waals surface area contributed by atoms with E-state index in [1.54, 1.807) is 0 Å². The lowest BCUT2D eigenvalue weighted by Crippen LogP contribution is -2.31. The van der Waals surface area contributed by atoms with E-state index in [0.29, 0.717) is 6.42 Å². The van der Waals surface area contributed by atoms with Crippen molar-refractivity contribution >= 4 is 11.0 Å². The Morgan fingerprint density at radius 3 is 2.53 bits per heavy atom. The molecule has 0 saturated carbocycles. The Kier molecular flexibility index (Phi) is 7.12. The lowest BCUT2D eigenvalue weighted by Gasteiger charge is -2.26. The fourth-order valence-corrected chi connectivity index (χ4v) is 5.31. The van der Waals surface area contributed by atoms with Crippen molar-refractivity contribution in [1.82, 2.24) is 25.1 Å². The van der Waals surface area contributed by atoms with E-state index in [1.165, 1.54) is 32.4 Å². The van der Waals surface area contributed by atoms with Crippen molar-refractivity contribution in [2.45, 2.75) is 58.5 Å². The van der Waals surface area contributed by atoms with E-state index in [0.717, 1.165) is 69.9 Å². The molecular weight excluding hydrogens is 450 g/mol. The number of piperidine rings is 1. The summed E-state index contributed by atoms with van der Waals surface area (Å²) in [5, 5.41) is 18.8. The number of likely N-dealkylation sites (tertiary alicyclic amines) is 1. The van der Waals surface area contributed by atoms with Crippen LogP contribution in [-0.2, 0) is 6.42 Å². The molecule has 5 rings (SSSR count). The van der Waals surface area contributed by atoms with Crippen molar-refractivity contribution in [3.63, 3.8) is 0 Å². The zero-order chi connectivity index (χ0) is 25.1. The van der Waals surface area contributed by atoms with Crippen molar-refractivity contribution in [2.24, 2.45) is 0 Å². The van der Waals surface area contributed by atoms with Gasteiger partial charge in [0.2, 0.25) is 0 Å². The number of hydrogen-bond acceptors (Lipinski definition) is 5. The summed E-state index contributed by atoms with van der Waals surface area (Å²) in [4.78, 5) is 10.8. The molecule has 0 spiro atoms. The predicted octanol–water partition coefficient (Wildman–Crippen LogP) is 5.50. The summed E-state index contributed by atoms with van der Waals surface area (Å²) in [6.45, 7) is 10.1. The number of aromatic nitrogens is 4. The van der Waals surface area contributed by atoms with Gasteiger partial charge in [-0.2, -0.15) is 5.10 Å². The topological polar surface area (TPSA) is 90.1 Å². The minimum Gasteiger partial charge on any atom is -0.494 e. The molecular formula is C29H37N5O2. The van der Waals surface area contributed by atoms with Gasteiger partial charge in [0.05, 0.1) is 24.1 Å². The number of aliphatic hydroxyl groups is 1. The van der Waals surface area contributed by atoms with E-state index in [9.17, 15) is 5.11 Å². The Labute approximate surface area is 212 Å². The average Bonchev–Trinajstić information content (AvgIpc) is 3.51. The number of rotatable bonds is 9. The van der Waals surface area contributed by atoms with Crippen LogP contribution in [-0.4, -0.2) is 62.0 Å². The third kappa shape index (κ3) is 5.47. The van der Waals surface area contributed by atoms with Gasteiger partial charge in [-0.25, -0.2) is 4.98 Å². The van der Waals surface area contributed by atoms with E-state index in [-0.39, 0.29) is 0 Å². The maximum atomic E-state index is 10.8. The molecule has 0 atom stereocenters. The maximum absolute atomic E-state index is 10.8. The van der Waals surface area contributed by atoms with Gasteiger partial charge in [-0.05, 0) is 94.1 Å². The lowest BCUT2D eigenvalue weighted by atomic mass is 9.92. The zero-order valence-corrected chi connectivity index (χ0v) is 21.6. The summed E-state index contributed by atoms with van der Waals surface area (Å²) in [5.74, 6) is 0.883. The first-order valence-electron chi connectivity index (χ1n) is 13.1. The smallest absolute Gasteiger partial charge is 0.138 e. The summed E-state index contributed by atoms with van der Waals surface area (Å²) in [6.07, 6.45) is 11.1. The number of ether oxygens (including phenoxy) is 1. The van der Waals surface area contributed by atoms with Gasteiger partial charge < -0.3 is 19.7 Å². The number of hydrogen-bond donors (Lipinski definition) is 3. The number of pyridine rings is 1. The van der Waals surface area contributed by atoms with Crippen LogP contribution in [0.2, 0.25) is 0 Å². The third-order valence-electron chi connectivity index (χ3n) is 7.08. The highest BCUT2D eigenvalue weighted by Gasteiger charge is 2.24. The third-order valence-corrected chi connectivity index (χ3v) is 7.08. The van der Waals surface area contributed by atoms with Crippen molar-refractivity contribution in [1.29, 1.82) is 0 Å². The molecule has 0 aliphatic carbocycles. The highest BCUT2D eigenvalue weighted by Crippen LogP contribution is 2.37. The second-order valence-corrected chi connectivity index (χ2v) is 10.6. The number of nitrogens with zero attached hydrogens (tertiary/aromatic N) is 3. The lowest BCUT2D eigenvalue weighted by molar-refractivity contribution is 0.0814. The van der Waals surface area contributed by atoms with Gasteiger partial charge >= 0.3 is 0 Å². The largest absolute Gasteiger partial charge is 0.494 e. The van der Waals surface area contributed by atoms with Gasteiger partial charge in [0.1, 0.15) is 11.4 Å². The van der Waals surface area contributed by atoms with Crippen LogP contribution in [0, 0.1) is 6.92 Å². The molecule has 0 bridgehead atoms. The number of fused-ring (bicyclic) bond motifs is 1. The van der Waals surface area contributed by atoms with Crippen LogP contribution < -0.4 is 4.74 Å². The Balaban J connectivity index is 1.38. The van der Waals surface area contributed by atoms with E-state index in [4.69, 9.17) is 9.72 Å². The standard InChI is InChI=1S/C29H37N5O2/c1-20-25(22-17-31-32-18-22)19-30-28-26(20)24(16-29(2,3)35)27(33-28)21-8-10-23(11-9-21)36-15-7-14-34-12-5-4-6-13-34/h8-11,17-19,35H,4-7,12-16H2,1-3H3,(H,30,33)(H,31,32). The predicted molar refractivity (Wildman–Crippen MR) is 144 cm³/mol. The Morgan fingerprint density at radius 2 is 1.83 bits per heavy atom. The van der Waals surface area contributed by atoms with Gasteiger partial charge in [-0.1, -0.05) is 6.42 Å². The monoisotopic (exact) mass is 487 g/mol. The molecule has 190 valence electrons. The summed E-state index contributed by atoms with van der Waals surface area (Å²) >= 11 is 0. The molecule has 36 heavy (non-hydrogen) atoms. The number of benzene rings is 1. The number of aryl methyl sites for hydroxylation is 1. The summed E-state index contributed by atoms with van der Waals surface area (Å²) < 4.78 is 6.04. The van der Waals surface area contributed by atoms with Crippen LogP contribution in [0.3, 0.4) is 0 Å². The quantitative estimate of drug-likeness (QED) is 0.271. The van der Waals surface area contributed by atoms with Crippen LogP contribution in [0.15, 0.2) is 42.9 Å².